The van der Waals surface area contributed by atoms with Gasteiger partial charge in [-0.3, -0.25) is 10.1 Å². The molecular formula is C16H19F2N3O3. The van der Waals surface area contributed by atoms with E-state index >= 15 is 0 Å². The summed E-state index contributed by atoms with van der Waals surface area (Å²) in [5.41, 5.74) is 0.882. The molecular weight excluding hydrogens is 320 g/mol. The number of benzene rings is 1. The van der Waals surface area contributed by atoms with E-state index in [2.05, 4.69) is 31.7 Å². The molecule has 1 unspecified atom stereocenters. The third-order valence-corrected chi connectivity index (χ3v) is 3.93. The smallest absolute Gasteiger partial charge is 0.395 e. The second-order valence-corrected chi connectivity index (χ2v) is 5.96. The Hall–Kier alpha value is -2.38. The van der Waals surface area contributed by atoms with Gasteiger partial charge in [0.2, 0.25) is 11.9 Å². The van der Waals surface area contributed by atoms with Gasteiger partial charge in [-0.25, -0.2) is 4.98 Å². The number of rotatable bonds is 6. The van der Waals surface area contributed by atoms with Crippen LogP contribution in [-0.4, -0.2) is 22.2 Å². The first kappa shape index (κ1) is 16.5. The Labute approximate surface area is 137 Å². The SMILES string of the molecule is CCCCCC(C)C(=O)Nc1nc2cc3c(cc2[nH]1)OC(F)(F)O3. The summed E-state index contributed by atoms with van der Waals surface area (Å²) in [5, 5.41) is 2.71. The van der Waals surface area contributed by atoms with Crippen molar-refractivity contribution in [3.63, 3.8) is 0 Å². The van der Waals surface area contributed by atoms with Gasteiger partial charge in [-0.1, -0.05) is 33.1 Å². The maximum absolute atomic E-state index is 13.0. The molecule has 0 bridgehead atoms. The lowest BCUT2D eigenvalue weighted by atomic mass is 10.0. The van der Waals surface area contributed by atoms with Gasteiger partial charge in [0, 0.05) is 18.1 Å². The second kappa shape index (κ2) is 6.26. The fourth-order valence-electron chi connectivity index (χ4n) is 2.58. The van der Waals surface area contributed by atoms with Crippen molar-refractivity contribution < 1.29 is 23.0 Å². The molecule has 2 N–H and O–H groups in total. The first-order chi connectivity index (χ1) is 11.4. The molecule has 3 rings (SSSR count). The van der Waals surface area contributed by atoms with Crippen LogP contribution in [0.5, 0.6) is 11.5 Å². The summed E-state index contributed by atoms with van der Waals surface area (Å²) in [6.07, 6.45) is 0.349. The Morgan fingerprint density at radius 2 is 2.04 bits per heavy atom. The van der Waals surface area contributed by atoms with Gasteiger partial charge in [0.1, 0.15) is 0 Å². The molecule has 1 aliphatic rings. The molecule has 0 saturated carbocycles. The van der Waals surface area contributed by atoms with Crippen molar-refractivity contribution in [3.05, 3.63) is 12.1 Å². The normalized spacial score (nSPS) is 16.3. The van der Waals surface area contributed by atoms with Gasteiger partial charge >= 0.3 is 6.29 Å². The molecule has 1 aliphatic heterocycles. The van der Waals surface area contributed by atoms with Gasteiger partial charge in [0.15, 0.2) is 11.5 Å². The number of alkyl halides is 2. The zero-order chi connectivity index (χ0) is 17.3. The summed E-state index contributed by atoms with van der Waals surface area (Å²) in [6, 6.07) is 2.72. The van der Waals surface area contributed by atoms with Crippen LogP contribution in [0.4, 0.5) is 14.7 Å². The average Bonchev–Trinajstić information content (AvgIpc) is 3.01. The quantitative estimate of drug-likeness (QED) is 0.779. The summed E-state index contributed by atoms with van der Waals surface area (Å²) >= 11 is 0. The number of carbonyl (C=O) groups is 1. The number of hydrogen-bond donors (Lipinski definition) is 2. The molecule has 0 spiro atoms. The van der Waals surface area contributed by atoms with Crippen molar-refractivity contribution in [2.24, 2.45) is 5.92 Å². The first-order valence-corrected chi connectivity index (χ1v) is 7.98. The lowest BCUT2D eigenvalue weighted by Crippen LogP contribution is -2.25. The minimum absolute atomic E-state index is 0.0676. The monoisotopic (exact) mass is 339 g/mol. The summed E-state index contributed by atoms with van der Waals surface area (Å²) in [6.45, 7) is 3.98. The van der Waals surface area contributed by atoms with Crippen molar-refractivity contribution in [2.75, 3.05) is 5.32 Å². The van der Waals surface area contributed by atoms with Gasteiger partial charge in [-0.05, 0) is 6.42 Å². The highest BCUT2D eigenvalue weighted by atomic mass is 19.3. The molecule has 0 fully saturated rings. The van der Waals surface area contributed by atoms with Crippen molar-refractivity contribution >= 4 is 22.9 Å². The number of fused-ring (bicyclic) bond motifs is 2. The number of nitrogens with one attached hydrogen (secondary N) is 2. The zero-order valence-corrected chi connectivity index (χ0v) is 13.5. The van der Waals surface area contributed by atoms with Crippen LogP contribution >= 0.6 is 0 Å². The Morgan fingerprint density at radius 3 is 2.75 bits per heavy atom. The average molecular weight is 339 g/mol. The molecule has 0 saturated heterocycles. The Bertz CT molecular complexity index is 715. The number of unbranched alkanes of at least 4 members (excludes halogenated alkanes) is 2. The highest BCUT2D eigenvalue weighted by Gasteiger charge is 2.43. The van der Waals surface area contributed by atoms with E-state index in [0.717, 1.165) is 25.7 Å². The molecule has 6 nitrogen and oxygen atoms in total. The minimum atomic E-state index is -3.66. The van der Waals surface area contributed by atoms with Crippen LogP contribution in [0.15, 0.2) is 12.1 Å². The number of aromatic nitrogens is 2. The van der Waals surface area contributed by atoms with Crippen LogP contribution in [-0.2, 0) is 4.79 Å². The van der Waals surface area contributed by atoms with E-state index in [9.17, 15) is 13.6 Å². The third-order valence-electron chi connectivity index (χ3n) is 3.93. The predicted molar refractivity (Wildman–Crippen MR) is 84.2 cm³/mol. The largest absolute Gasteiger partial charge is 0.586 e. The van der Waals surface area contributed by atoms with Crippen molar-refractivity contribution in [1.29, 1.82) is 0 Å². The second-order valence-electron chi connectivity index (χ2n) is 5.96. The van der Waals surface area contributed by atoms with Crippen molar-refractivity contribution in [3.8, 4) is 11.5 Å². The molecule has 130 valence electrons. The third kappa shape index (κ3) is 3.42. The number of nitrogens with zero attached hydrogens (tertiary/aromatic N) is 1. The summed E-state index contributed by atoms with van der Waals surface area (Å²) in [7, 11) is 0. The standard InChI is InChI=1S/C16H19F2N3O3/c1-3-4-5-6-9(2)14(22)21-15-19-10-7-12-13(8-11(10)20-15)24-16(17,18)23-12/h7-9H,3-6H2,1-2H3,(H2,19,20,21,22). The molecule has 0 aliphatic carbocycles. The number of anilines is 1. The maximum atomic E-state index is 13.0. The molecule has 0 radical (unpaired) electrons. The number of H-pyrrole nitrogens is 1. The summed E-state index contributed by atoms with van der Waals surface area (Å²) in [4.78, 5) is 19.2. The van der Waals surface area contributed by atoms with Crippen LogP contribution < -0.4 is 14.8 Å². The number of hydrogen-bond acceptors (Lipinski definition) is 4. The minimum Gasteiger partial charge on any atom is -0.395 e. The first-order valence-electron chi connectivity index (χ1n) is 7.98. The number of halogens is 2. The molecule has 1 atom stereocenters. The van der Waals surface area contributed by atoms with Crippen LogP contribution in [0.3, 0.4) is 0 Å². The lowest BCUT2D eigenvalue weighted by molar-refractivity contribution is -0.286. The molecule has 1 amide bonds. The van der Waals surface area contributed by atoms with E-state index in [-0.39, 0.29) is 29.3 Å². The Morgan fingerprint density at radius 1 is 1.33 bits per heavy atom. The van der Waals surface area contributed by atoms with E-state index in [1.807, 2.05) is 6.92 Å². The fraction of sp³-hybridized carbons (Fsp3) is 0.500. The lowest BCUT2D eigenvalue weighted by Gasteiger charge is -2.09. The molecule has 1 aromatic carbocycles. The van der Waals surface area contributed by atoms with Gasteiger partial charge in [0.25, 0.3) is 0 Å². The van der Waals surface area contributed by atoms with Gasteiger partial charge in [-0.2, -0.15) is 0 Å². The van der Waals surface area contributed by atoms with Crippen molar-refractivity contribution in [1.82, 2.24) is 9.97 Å². The highest BCUT2D eigenvalue weighted by Crippen LogP contribution is 2.42. The summed E-state index contributed by atoms with van der Waals surface area (Å²) in [5.74, 6) is -0.128. The Kier molecular flexibility index (Phi) is 4.29. The van der Waals surface area contributed by atoms with Gasteiger partial charge in [0.05, 0.1) is 11.0 Å². The van der Waals surface area contributed by atoms with Gasteiger partial charge < -0.3 is 14.5 Å². The topological polar surface area (TPSA) is 76.2 Å². The fourth-order valence-corrected chi connectivity index (χ4v) is 2.58. The molecule has 2 heterocycles. The van der Waals surface area contributed by atoms with E-state index in [1.54, 1.807) is 0 Å². The van der Waals surface area contributed by atoms with E-state index < -0.39 is 6.29 Å². The maximum Gasteiger partial charge on any atom is 0.586 e. The molecule has 24 heavy (non-hydrogen) atoms. The van der Waals surface area contributed by atoms with Crippen LogP contribution in [0, 0.1) is 5.92 Å². The van der Waals surface area contributed by atoms with E-state index in [1.165, 1.54) is 12.1 Å². The number of aromatic amines is 1. The predicted octanol–water partition coefficient (Wildman–Crippen LogP) is 4.04. The number of ether oxygens (including phenoxy) is 2. The molecule has 2 aromatic rings. The van der Waals surface area contributed by atoms with Crippen LogP contribution in [0.1, 0.15) is 39.5 Å². The number of imidazole rings is 1. The van der Waals surface area contributed by atoms with Gasteiger partial charge in [-0.15, -0.1) is 8.78 Å². The van der Waals surface area contributed by atoms with Crippen LogP contribution in [0.25, 0.3) is 11.0 Å². The molecule has 1 aromatic heterocycles. The Balaban J connectivity index is 1.70. The molecule has 8 heteroatoms. The summed E-state index contributed by atoms with van der Waals surface area (Å²) < 4.78 is 34.8. The zero-order valence-electron chi connectivity index (χ0n) is 13.5. The highest BCUT2D eigenvalue weighted by molar-refractivity contribution is 5.92. The van der Waals surface area contributed by atoms with Crippen LogP contribution in [0.2, 0.25) is 0 Å². The van der Waals surface area contributed by atoms with Crippen molar-refractivity contribution in [2.45, 2.75) is 45.8 Å². The number of amides is 1. The van der Waals surface area contributed by atoms with E-state index in [0.29, 0.717) is 11.0 Å². The number of carbonyl (C=O) groups excluding carboxylic acids is 1. The van der Waals surface area contributed by atoms with E-state index in [4.69, 9.17) is 0 Å².